The molecule has 2 aromatic rings. The van der Waals surface area contributed by atoms with Crippen LogP contribution in [0.5, 0.6) is 0 Å². The second-order valence-corrected chi connectivity index (χ2v) is 7.36. The number of hydrogen-bond donors (Lipinski definition) is 0. The van der Waals surface area contributed by atoms with Gasteiger partial charge in [-0.3, -0.25) is 4.79 Å². The van der Waals surface area contributed by atoms with Gasteiger partial charge in [-0.15, -0.1) is 0 Å². The van der Waals surface area contributed by atoms with Gasteiger partial charge in [0.25, 0.3) is 5.91 Å². The molecule has 0 N–H and O–H groups in total. The molecule has 0 unspecified atom stereocenters. The Hall–Kier alpha value is -2.05. The third-order valence-corrected chi connectivity index (χ3v) is 5.06. The van der Waals surface area contributed by atoms with E-state index in [4.69, 9.17) is 27.9 Å². The fourth-order valence-electron chi connectivity index (χ4n) is 3.16. The molecule has 144 valence electrons. The number of ether oxygens (including phenoxy) is 1. The van der Waals surface area contributed by atoms with E-state index in [2.05, 4.69) is 4.98 Å². The van der Waals surface area contributed by atoms with Gasteiger partial charge in [0.15, 0.2) is 0 Å². The van der Waals surface area contributed by atoms with Crippen LogP contribution < -0.4 is 0 Å². The number of benzene rings is 1. The van der Waals surface area contributed by atoms with Gasteiger partial charge in [-0.25, -0.2) is 9.78 Å². The summed E-state index contributed by atoms with van der Waals surface area (Å²) in [5.41, 5.74) is 1.09. The normalized spacial score (nSPS) is 17.3. The van der Waals surface area contributed by atoms with E-state index < -0.39 is 0 Å². The summed E-state index contributed by atoms with van der Waals surface area (Å²) in [7, 11) is 0. The van der Waals surface area contributed by atoms with Crippen LogP contribution >= 0.6 is 23.2 Å². The lowest BCUT2D eigenvalue weighted by Gasteiger charge is -2.39. The minimum atomic E-state index is -0.323. The summed E-state index contributed by atoms with van der Waals surface area (Å²) in [5, 5.41) is 1.52. The summed E-state index contributed by atoms with van der Waals surface area (Å²) >= 11 is 12.1. The first-order valence-electron chi connectivity index (χ1n) is 8.89. The number of aromatic nitrogens is 1. The lowest BCUT2D eigenvalue weighted by molar-refractivity contribution is 0.0412. The molecule has 8 heteroatoms. The molecule has 0 bridgehead atoms. The molecule has 1 aliphatic heterocycles. The van der Waals surface area contributed by atoms with Crippen LogP contribution in [0.3, 0.4) is 0 Å². The third kappa shape index (κ3) is 4.28. The van der Waals surface area contributed by atoms with Gasteiger partial charge in [0.2, 0.25) is 0 Å². The van der Waals surface area contributed by atoms with Gasteiger partial charge in [0.1, 0.15) is 5.15 Å². The zero-order valence-electron chi connectivity index (χ0n) is 15.2. The summed E-state index contributed by atoms with van der Waals surface area (Å²) in [5.74, 6) is -0.108. The molecule has 27 heavy (non-hydrogen) atoms. The largest absolute Gasteiger partial charge is 0.449 e. The molecular formula is C19H21Cl2N3O3. The average Bonchev–Trinajstić information content (AvgIpc) is 2.64. The molecule has 1 fully saturated rings. The SMILES string of the molecule is CCCOC(=O)N1CCN(C(=O)c2ccc3c(Cl)cc(Cl)nc3c2)C[C@H]1C. The number of rotatable bonds is 3. The van der Waals surface area contributed by atoms with Gasteiger partial charge in [-0.05, 0) is 31.5 Å². The van der Waals surface area contributed by atoms with E-state index in [0.29, 0.717) is 42.3 Å². The van der Waals surface area contributed by atoms with Crippen LogP contribution in [-0.4, -0.2) is 59.1 Å². The monoisotopic (exact) mass is 409 g/mol. The molecule has 1 saturated heterocycles. The van der Waals surface area contributed by atoms with Crippen LogP contribution in [0.4, 0.5) is 4.79 Å². The first-order valence-corrected chi connectivity index (χ1v) is 9.64. The molecule has 6 nitrogen and oxygen atoms in total. The van der Waals surface area contributed by atoms with Crippen molar-refractivity contribution in [2.45, 2.75) is 26.3 Å². The Morgan fingerprint density at radius 3 is 2.74 bits per heavy atom. The van der Waals surface area contributed by atoms with Crippen molar-refractivity contribution < 1.29 is 14.3 Å². The van der Waals surface area contributed by atoms with Crippen molar-refractivity contribution in [2.75, 3.05) is 26.2 Å². The van der Waals surface area contributed by atoms with Crippen LogP contribution in [0.1, 0.15) is 30.6 Å². The molecule has 0 spiro atoms. The number of nitrogens with zero attached hydrogens (tertiary/aromatic N) is 3. The van der Waals surface area contributed by atoms with Gasteiger partial charge in [0, 0.05) is 36.6 Å². The minimum Gasteiger partial charge on any atom is -0.449 e. The highest BCUT2D eigenvalue weighted by Crippen LogP contribution is 2.26. The van der Waals surface area contributed by atoms with Crippen molar-refractivity contribution >= 4 is 46.1 Å². The predicted octanol–water partition coefficient (Wildman–Crippen LogP) is 4.23. The van der Waals surface area contributed by atoms with Crippen LogP contribution in [0.2, 0.25) is 10.2 Å². The second-order valence-electron chi connectivity index (χ2n) is 6.57. The predicted molar refractivity (Wildman–Crippen MR) is 105 cm³/mol. The van der Waals surface area contributed by atoms with Crippen molar-refractivity contribution in [2.24, 2.45) is 0 Å². The van der Waals surface area contributed by atoms with Crippen LogP contribution in [0.15, 0.2) is 24.3 Å². The summed E-state index contributed by atoms with van der Waals surface area (Å²) in [6, 6.07) is 6.66. The number of carbonyl (C=O) groups is 2. The van der Waals surface area contributed by atoms with Crippen molar-refractivity contribution in [3.05, 3.63) is 40.0 Å². The quantitative estimate of drug-likeness (QED) is 0.711. The minimum absolute atomic E-state index is 0.108. The van der Waals surface area contributed by atoms with Crippen molar-refractivity contribution in [3.63, 3.8) is 0 Å². The van der Waals surface area contributed by atoms with Gasteiger partial charge < -0.3 is 14.5 Å². The molecule has 2 heterocycles. The van der Waals surface area contributed by atoms with Crippen LogP contribution in [-0.2, 0) is 4.74 Å². The number of pyridine rings is 1. The summed E-state index contributed by atoms with van der Waals surface area (Å²) in [6.45, 7) is 5.60. The number of carbonyl (C=O) groups excluding carboxylic acids is 2. The maximum absolute atomic E-state index is 12.9. The Balaban J connectivity index is 1.73. The van der Waals surface area contributed by atoms with Gasteiger partial charge in [-0.1, -0.05) is 36.2 Å². The Bertz CT molecular complexity index is 875. The van der Waals surface area contributed by atoms with Gasteiger partial charge in [-0.2, -0.15) is 0 Å². The average molecular weight is 410 g/mol. The molecule has 3 rings (SSSR count). The molecule has 2 amide bonds. The summed E-state index contributed by atoms with van der Waals surface area (Å²) < 4.78 is 5.20. The van der Waals surface area contributed by atoms with E-state index in [1.807, 2.05) is 13.8 Å². The highest BCUT2D eigenvalue weighted by molar-refractivity contribution is 6.37. The topological polar surface area (TPSA) is 62.7 Å². The third-order valence-electron chi connectivity index (χ3n) is 4.55. The molecule has 1 atom stereocenters. The van der Waals surface area contributed by atoms with Gasteiger partial charge >= 0.3 is 6.09 Å². The summed E-state index contributed by atoms with van der Waals surface area (Å²) in [6.07, 6.45) is 0.457. The van der Waals surface area contributed by atoms with E-state index in [1.54, 1.807) is 34.1 Å². The number of hydrogen-bond acceptors (Lipinski definition) is 4. The van der Waals surface area contributed by atoms with Crippen molar-refractivity contribution in [1.82, 2.24) is 14.8 Å². The standard InChI is InChI=1S/C19H21Cl2N3O3/c1-3-8-27-19(26)24-7-6-23(11-12(24)2)18(25)13-4-5-14-15(20)10-17(21)22-16(14)9-13/h4-5,9-10,12H,3,6-8,11H2,1-2H3/t12-/m1/s1. The molecule has 0 saturated carbocycles. The smallest absolute Gasteiger partial charge is 0.410 e. The van der Waals surface area contributed by atoms with Crippen LogP contribution in [0, 0.1) is 0 Å². The Morgan fingerprint density at radius 2 is 2.04 bits per heavy atom. The van der Waals surface area contributed by atoms with E-state index in [1.165, 1.54) is 0 Å². The van der Waals surface area contributed by atoms with E-state index in [9.17, 15) is 9.59 Å². The molecule has 1 aromatic heterocycles. The fraction of sp³-hybridized carbons (Fsp3) is 0.421. The van der Waals surface area contributed by atoms with E-state index in [-0.39, 0.29) is 23.2 Å². The van der Waals surface area contributed by atoms with Crippen molar-refractivity contribution in [1.29, 1.82) is 0 Å². The lowest BCUT2D eigenvalue weighted by Crippen LogP contribution is -2.55. The maximum atomic E-state index is 12.9. The first kappa shape index (κ1) is 19.7. The zero-order valence-corrected chi connectivity index (χ0v) is 16.8. The summed E-state index contributed by atoms with van der Waals surface area (Å²) in [4.78, 5) is 32.6. The Kier molecular flexibility index (Phi) is 6.07. The molecule has 1 aromatic carbocycles. The molecule has 0 radical (unpaired) electrons. The molecular weight excluding hydrogens is 389 g/mol. The molecule has 1 aliphatic rings. The highest BCUT2D eigenvalue weighted by Gasteiger charge is 2.31. The van der Waals surface area contributed by atoms with Crippen LogP contribution in [0.25, 0.3) is 10.9 Å². The number of fused-ring (bicyclic) bond motifs is 1. The number of amides is 2. The lowest BCUT2D eigenvalue weighted by atomic mass is 10.1. The number of piperazine rings is 1. The Labute approximate surface area is 168 Å². The fourth-order valence-corrected chi connectivity index (χ4v) is 3.68. The first-order chi connectivity index (χ1) is 12.9. The van der Waals surface area contributed by atoms with E-state index in [0.717, 1.165) is 11.8 Å². The van der Waals surface area contributed by atoms with E-state index >= 15 is 0 Å². The number of halogens is 2. The second kappa shape index (κ2) is 8.31. The highest BCUT2D eigenvalue weighted by atomic mass is 35.5. The zero-order chi connectivity index (χ0) is 19.6. The maximum Gasteiger partial charge on any atom is 0.410 e. The van der Waals surface area contributed by atoms with Crippen molar-refractivity contribution in [3.8, 4) is 0 Å². The molecule has 0 aliphatic carbocycles. The van der Waals surface area contributed by atoms with Gasteiger partial charge in [0.05, 0.1) is 17.1 Å². The Morgan fingerprint density at radius 1 is 1.26 bits per heavy atom.